The number of carbonyl (C=O) groups excluding carboxylic acids is 1. The number of phosphoric ester groups is 1. The van der Waals surface area contributed by atoms with Crippen LogP contribution in [0.25, 0.3) is 0 Å². The first kappa shape index (κ1) is 21.0. The molecule has 0 heterocycles. The SMILES string of the molecule is CCOCCOCCCCC(=O)c1ccc(COP(=O)(O)O)cc1. The van der Waals surface area contributed by atoms with Gasteiger partial charge in [0.05, 0.1) is 19.8 Å². The normalized spacial score (nSPS) is 11.6. The standard InChI is InChI=1S/C16H25O7P/c1-2-21-11-12-22-10-4-3-5-16(17)15-8-6-14(7-9-15)13-23-24(18,19)20/h6-9H,2-5,10-13H2,1H3,(H2,18,19,20). The molecule has 0 aromatic heterocycles. The van der Waals surface area contributed by atoms with Crippen LogP contribution in [0, 0.1) is 0 Å². The Labute approximate surface area is 142 Å². The van der Waals surface area contributed by atoms with E-state index in [1.54, 1.807) is 24.3 Å². The summed E-state index contributed by atoms with van der Waals surface area (Å²) in [6.45, 7) is 4.19. The zero-order valence-corrected chi connectivity index (χ0v) is 14.7. The fraction of sp³-hybridized carbons (Fsp3) is 0.562. The van der Waals surface area contributed by atoms with Crippen LogP contribution in [-0.4, -0.2) is 42.0 Å². The van der Waals surface area contributed by atoms with E-state index < -0.39 is 7.82 Å². The minimum Gasteiger partial charge on any atom is -0.379 e. The zero-order chi connectivity index (χ0) is 17.8. The summed E-state index contributed by atoms with van der Waals surface area (Å²) in [5, 5.41) is 0. The predicted molar refractivity (Wildman–Crippen MR) is 88.8 cm³/mol. The summed E-state index contributed by atoms with van der Waals surface area (Å²) < 4.78 is 25.6. The summed E-state index contributed by atoms with van der Waals surface area (Å²) in [5.74, 6) is 0.0340. The van der Waals surface area contributed by atoms with Gasteiger partial charge >= 0.3 is 7.82 Å². The van der Waals surface area contributed by atoms with Crippen molar-refractivity contribution in [3.63, 3.8) is 0 Å². The number of hydrogen-bond donors (Lipinski definition) is 2. The van der Waals surface area contributed by atoms with Crippen LogP contribution in [0.5, 0.6) is 0 Å². The second-order valence-corrected chi connectivity index (χ2v) is 6.39. The summed E-state index contributed by atoms with van der Waals surface area (Å²) in [5.41, 5.74) is 1.17. The van der Waals surface area contributed by atoms with Crippen LogP contribution in [0.1, 0.15) is 42.1 Å². The number of benzene rings is 1. The average Bonchev–Trinajstić information content (AvgIpc) is 2.55. The summed E-state index contributed by atoms with van der Waals surface area (Å²) in [4.78, 5) is 29.3. The summed E-state index contributed by atoms with van der Waals surface area (Å²) in [6.07, 6.45) is 2.00. The molecule has 136 valence electrons. The zero-order valence-electron chi connectivity index (χ0n) is 13.8. The van der Waals surface area contributed by atoms with E-state index in [1.807, 2.05) is 6.92 Å². The van der Waals surface area contributed by atoms with Crippen molar-refractivity contribution < 1.29 is 33.1 Å². The third kappa shape index (κ3) is 9.93. The maximum absolute atomic E-state index is 12.0. The van der Waals surface area contributed by atoms with Crippen LogP contribution in [0.2, 0.25) is 0 Å². The maximum Gasteiger partial charge on any atom is 0.469 e. The third-order valence-electron chi connectivity index (χ3n) is 3.19. The van der Waals surface area contributed by atoms with Crippen LogP contribution >= 0.6 is 7.82 Å². The summed E-state index contributed by atoms with van der Waals surface area (Å²) in [7, 11) is -4.48. The van der Waals surface area contributed by atoms with Gasteiger partial charge in [0.25, 0.3) is 0 Å². The van der Waals surface area contributed by atoms with E-state index in [0.717, 1.165) is 12.8 Å². The van der Waals surface area contributed by atoms with Crippen molar-refractivity contribution in [2.75, 3.05) is 26.4 Å². The van der Waals surface area contributed by atoms with E-state index >= 15 is 0 Å². The Morgan fingerprint density at radius 1 is 1.04 bits per heavy atom. The quantitative estimate of drug-likeness (QED) is 0.317. The van der Waals surface area contributed by atoms with E-state index in [0.29, 0.717) is 44.0 Å². The second-order valence-electron chi connectivity index (χ2n) is 5.15. The first-order chi connectivity index (χ1) is 11.4. The fourth-order valence-corrected chi connectivity index (χ4v) is 2.26. The molecule has 0 amide bonds. The molecular weight excluding hydrogens is 335 g/mol. The molecule has 2 N–H and O–H groups in total. The van der Waals surface area contributed by atoms with Crippen molar-refractivity contribution in [2.24, 2.45) is 0 Å². The lowest BCUT2D eigenvalue weighted by atomic mass is 10.0. The number of rotatable bonds is 13. The molecule has 0 bridgehead atoms. The van der Waals surface area contributed by atoms with Crippen molar-refractivity contribution in [2.45, 2.75) is 32.8 Å². The summed E-state index contributed by atoms with van der Waals surface area (Å²) >= 11 is 0. The van der Waals surface area contributed by atoms with Gasteiger partial charge in [0, 0.05) is 25.2 Å². The topological polar surface area (TPSA) is 102 Å². The number of ether oxygens (including phenoxy) is 2. The van der Waals surface area contributed by atoms with E-state index in [4.69, 9.17) is 19.3 Å². The lowest BCUT2D eigenvalue weighted by Crippen LogP contribution is -2.05. The molecule has 0 radical (unpaired) electrons. The van der Waals surface area contributed by atoms with E-state index in [9.17, 15) is 9.36 Å². The van der Waals surface area contributed by atoms with Gasteiger partial charge in [-0.2, -0.15) is 0 Å². The highest BCUT2D eigenvalue weighted by Crippen LogP contribution is 2.36. The molecule has 8 heteroatoms. The Kier molecular flexibility index (Phi) is 10.0. The third-order valence-corrected chi connectivity index (χ3v) is 3.66. The van der Waals surface area contributed by atoms with Gasteiger partial charge in [0.15, 0.2) is 5.78 Å². The lowest BCUT2D eigenvalue weighted by Gasteiger charge is -2.06. The van der Waals surface area contributed by atoms with Gasteiger partial charge in [-0.05, 0) is 25.3 Å². The molecule has 0 atom stereocenters. The molecule has 1 aromatic carbocycles. The molecular formula is C16H25O7P. The van der Waals surface area contributed by atoms with Gasteiger partial charge in [0.2, 0.25) is 0 Å². The minimum atomic E-state index is -4.48. The number of carbonyl (C=O) groups is 1. The van der Waals surface area contributed by atoms with Crippen LogP contribution in [0.3, 0.4) is 0 Å². The van der Waals surface area contributed by atoms with Crippen LogP contribution < -0.4 is 0 Å². The smallest absolute Gasteiger partial charge is 0.379 e. The number of phosphoric acid groups is 1. The molecule has 0 saturated heterocycles. The Bertz CT molecular complexity index is 524. The maximum atomic E-state index is 12.0. The highest BCUT2D eigenvalue weighted by atomic mass is 31.2. The molecule has 0 aliphatic heterocycles. The Hall–Kier alpha value is -1.08. The van der Waals surface area contributed by atoms with Gasteiger partial charge in [-0.3, -0.25) is 9.32 Å². The van der Waals surface area contributed by atoms with Gasteiger partial charge in [-0.1, -0.05) is 24.3 Å². The fourth-order valence-electron chi connectivity index (χ4n) is 1.94. The first-order valence-electron chi connectivity index (χ1n) is 7.90. The lowest BCUT2D eigenvalue weighted by molar-refractivity contribution is 0.0511. The Balaban J connectivity index is 2.22. The van der Waals surface area contributed by atoms with E-state index in [1.165, 1.54) is 0 Å². The van der Waals surface area contributed by atoms with Crippen molar-refractivity contribution >= 4 is 13.6 Å². The molecule has 0 aliphatic carbocycles. The van der Waals surface area contributed by atoms with Crippen molar-refractivity contribution in [3.05, 3.63) is 35.4 Å². The largest absolute Gasteiger partial charge is 0.469 e. The Morgan fingerprint density at radius 3 is 2.33 bits per heavy atom. The number of Topliss-reactive ketones (excluding diaryl/α,β-unsaturated/α-hetero) is 1. The molecule has 1 rings (SSSR count). The predicted octanol–water partition coefficient (Wildman–Crippen LogP) is 2.70. The number of unbranched alkanes of at least 4 members (excludes halogenated alkanes) is 1. The van der Waals surface area contributed by atoms with Crippen LogP contribution in [-0.2, 0) is 25.2 Å². The number of hydrogen-bond acceptors (Lipinski definition) is 5. The molecule has 0 spiro atoms. The molecule has 0 saturated carbocycles. The van der Waals surface area contributed by atoms with E-state index in [2.05, 4.69) is 4.52 Å². The molecule has 0 fully saturated rings. The van der Waals surface area contributed by atoms with E-state index in [-0.39, 0.29) is 12.4 Å². The van der Waals surface area contributed by atoms with Gasteiger partial charge < -0.3 is 19.3 Å². The number of ketones is 1. The van der Waals surface area contributed by atoms with Gasteiger partial charge in [0.1, 0.15) is 0 Å². The minimum absolute atomic E-state index is 0.0340. The first-order valence-corrected chi connectivity index (χ1v) is 9.43. The monoisotopic (exact) mass is 360 g/mol. The van der Waals surface area contributed by atoms with Gasteiger partial charge in [-0.15, -0.1) is 0 Å². The van der Waals surface area contributed by atoms with Gasteiger partial charge in [-0.25, -0.2) is 4.57 Å². The van der Waals surface area contributed by atoms with Crippen LogP contribution in [0.15, 0.2) is 24.3 Å². The molecule has 7 nitrogen and oxygen atoms in total. The Morgan fingerprint density at radius 2 is 1.71 bits per heavy atom. The van der Waals surface area contributed by atoms with Crippen molar-refractivity contribution in [3.8, 4) is 0 Å². The van der Waals surface area contributed by atoms with Crippen LogP contribution in [0.4, 0.5) is 0 Å². The molecule has 0 unspecified atom stereocenters. The molecule has 24 heavy (non-hydrogen) atoms. The second kappa shape index (κ2) is 11.5. The van der Waals surface area contributed by atoms with Crippen molar-refractivity contribution in [1.29, 1.82) is 0 Å². The highest BCUT2D eigenvalue weighted by molar-refractivity contribution is 7.46. The van der Waals surface area contributed by atoms with Crippen molar-refractivity contribution in [1.82, 2.24) is 0 Å². The highest BCUT2D eigenvalue weighted by Gasteiger charge is 2.13. The molecule has 1 aromatic rings. The molecule has 0 aliphatic rings. The summed E-state index contributed by atoms with van der Waals surface area (Å²) in [6, 6.07) is 6.53. The average molecular weight is 360 g/mol.